The van der Waals surface area contributed by atoms with Gasteiger partial charge in [-0.1, -0.05) is 20.8 Å². The molecule has 0 spiro atoms. The van der Waals surface area contributed by atoms with E-state index in [0.29, 0.717) is 5.92 Å². The summed E-state index contributed by atoms with van der Waals surface area (Å²) in [4.78, 5) is 11.9. The van der Waals surface area contributed by atoms with Crippen molar-refractivity contribution in [2.24, 2.45) is 16.8 Å². The van der Waals surface area contributed by atoms with E-state index in [1.807, 2.05) is 0 Å². The molecule has 0 atom stereocenters. The first-order valence-corrected chi connectivity index (χ1v) is 10.7. The summed E-state index contributed by atoms with van der Waals surface area (Å²) < 4.78 is 0. The lowest BCUT2D eigenvalue weighted by molar-refractivity contribution is 0.176. The average Bonchev–Trinajstić information content (AvgIpc) is 3.06. The molecule has 0 unspecified atom stereocenters. The number of nitrogens with one attached hydrogen (secondary N) is 2. The van der Waals surface area contributed by atoms with Gasteiger partial charge in [-0.25, -0.2) is 4.98 Å². The average molecular weight is 494 g/mol. The van der Waals surface area contributed by atoms with Gasteiger partial charge < -0.3 is 10.6 Å². The minimum absolute atomic E-state index is 0. The number of aryl methyl sites for hydroxylation is 1. The molecule has 26 heavy (non-hydrogen) atoms. The molecule has 2 rings (SSSR count). The summed E-state index contributed by atoms with van der Waals surface area (Å²) in [5.41, 5.74) is 1.24. The number of guanidine groups is 1. The lowest BCUT2D eigenvalue weighted by Crippen LogP contribution is -2.43. The predicted octanol–water partition coefficient (Wildman–Crippen LogP) is 3.75. The third-order valence-corrected chi connectivity index (χ3v) is 5.55. The quantitative estimate of drug-likeness (QED) is 0.329. The molecule has 5 nitrogen and oxygen atoms in total. The molecule has 2 heterocycles. The molecule has 0 radical (unpaired) electrons. The van der Waals surface area contributed by atoms with E-state index in [2.05, 4.69) is 53.6 Å². The number of hydrogen-bond donors (Lipinski definition) is 2. The van der Waals surface area contributed by atoms with Gasteiger partial charge in [-0.2, -0.15) is 0 Å². The fraction of sp³-hybridized carbons (Fsp3) is 0.789. The molecular formula is C19H36IN5S. The highest BCUT2D eigenvalue weighted by molar-refractivity contribution is 14.0. The highest BCUT2D eigenvalue weighted by Gasteiger charge is 2.20. The Kier molecular flexibility index (Phi) is 11.7. The van der Waals surface area contributed by atoms with Crippen LogP contribution in [0, 0.1) is 11.8 Å². The molecular weight excluding hydrogens is 457 g/mol. The fourth-order valence-electron chi connectivity index (χ4n) is 3.02. The molecule has 1 aliphatic heterocycles. The third kappa shape index (κ3) is 8.52. The van der Waals surface area contributed by atoms with Crippen LogP contribution in [0.1, 0.15) is 51.2 Å². The summed E-state index contributed by atoms with van der Waals surface area (Å²) in [5.74, 6) is 2.30. The van der Waals surface area contributed by atoms with Gasteiger partial charge in [0, 0.05) is 31.6 Å². The van der Waals surface area contributed by atoms with Gasteiger partial charge in [0.25, 0.3) is 0 Å². The molecule has 2 N–H and O–H groups in total. The summed E-state index contributed by atoms with van der Waals surface area (Å²) in [6, 6.07) is 0. The second-order valence-electron chi connectivity index (χ2n) is 7.30. The second-order valence-corrected chi connectivity index (χ2v) is 8.24. The maximum absolute atomic E-state index is 4.70. The maximum Gasteiger partial charge on any atom is 0.191 e. The number of likely N-dealkylation sites (tertiary alicyclic amines) is 1. The zero-order chi connectivity index (χ0) is 18.1. The molecule has 0 amide bonds. The number of halogens is 1. The molecule has 1 aromatic heterocycles. The molecule has 1 fully saturated rings. The number of piperidine rings is 1. The van der Waals surface area contributed by atoms with E-state index in [1.165, 1.54) is 36.6 Å². The van der Waals surface area contributed by atoms with Crippen molar-refractivity contribution in [1.82, 2.24) is 20.5 Å². The highest BCUT2D eigenvalue weighted by Crippen LogP contribution is 2.19. The molecule has 1 saturated heterocycles. The summed E-state index contributed by atoms with van der Waals surface area (Å²) >= 11 is 1.79. The van der Waals surface area contributed by atoms with Crippen LogP contribution in [-0.4, -0.2) is 48.6 Å². The highest BCUT2D eigenvalue weighted by atomic mass is 127. The van der Waals surface area contributed by atoms with E-state index in [1.54, 1.807) is 11.3 Å². The van der Waals surface area contributed by atoms with Crippen molar-refractivity contribution in [3.8, 4) is 0 Å². The van der Waals surface area contributed by atoms with Gasteiger partial charge in [-0.05, 0) is 51.1 Å². The molecule has 1 aliphatic rings. The topological polar surface area (TPSA) is 52.6 Å². The van der Waals surface area contributed by atoms with E-state index in [9.17, 15) is 0 Å². The van der Waals surface area contributed by atoms with Crippen LogP contribution in [0.3, 0.4) is 0 Å². The molecule has 150 valence electrons. The molecule has 7 heteroatoms. The Balaban J connectivity index is 0.00000338. The Hall–Kier alpha value is -0.410. The van der Waals surface area contributed by atoms with Crippen LogP contribution in [0.5, 0.6) is 0 Å². The van der Waals surface area contributed by atoms with Crippen LogP contribution >= 0.6 is 35.3 Å². The number of aliphatic imine (C=N–C) groups is 1. The molecule has 0 saturated carbocycles. The first-order chi connectivity index (χ1) is 12.1. The Morgan fingerprint density at radius 2 is 2.04 bits per heavy atom. The van der Waals surface area contributed by atoms with Gasteiger partial charge in [-0.3, -0.25) is 9.89 Å². The Morgan fingerprint density at radius 1 is 1.31 bits per heavy atom. The van der Waals surface area contributed by atoms with E-state index in [0.717, 1.165) is 44.5 Å². The van der Waals surface area contributed by atoms with Crippen LogP contribution in [0.4, 0.5) is 0 Å². The minimum atomic E-state index is 0. The van der Waals surface area contributed by atoms with Gasteiger partial charge in [0.1, 0.15) is 0 Å². The van der Waals surface area contributed by atoms with Gasteiger partial charge in [0.2, 0.25) is 0 Å². The van der Waals surface area contributed by atoms with E-state index in [4.69, 9.17) is 4.98 Å². The van der Waals surface area contributed by atoms with Crippen LogP contribution in [0.15, 0.2) is 10.4 Å². The van der Waals surface area contributed by atoms with Gasteiger partial charge >= 0.3 is 0 Å². The molecule has 0 bridgehead atoms. The van der Waals surface area contributed by atoms with E-state index in [-0.39, 0.29) is 24.0 Å². The maximum atomic E-state index is 4.70. The van der Waals surface area contributed by atoms with Crippen molar-refractivity contribution in [3.63, 3.8) is 0 Å². The first kappa shape index (κ1) is 23.6. The van der Waals surface area contributed by atoms with Crippen molar-refractivity contribution < 1.29 is 0 Å². The number of nitrogens with zero attached hydrogens (tertiary/aromatic N) is 3. The Labute approximate surface area is 180 Å². The Morgan fingerprint density at radius 3 is 2.62 bits per heavy atom. The second kappa shape index (κ2) is 12.9. The number of hydrogen-bond acceptors (Lipinski definition) is 4. The van der Waals surface area contributed by atoms with Crippen molar-refractivity contribution in [2.45, 2.75) is 53.5 Å². The number of thiazole rings is 1. The first-order valence-electron chi connectivity index (χ1n) is 9.78. The summed E-state index contributed by atoms with van der Waals surface area (Å²) in [7, 11) is 0. The molecule has 0 aliphatic carbocycles. The predicted molar refractivity (Wildman–Crippen MR) is 124 cm³/mol. The summed E-state index contributed by atoms with van der Waals surface area (Å²) in [6.45, 7) is 14.9. The normalized spacial score (nSPS) is 16.6. The minimum Gasteiger partial charge on any atom is -0.357 e. The van der Waals surface area contributed by atoms with E-state index >= 15 is 0 Å². The standard InChI is InChI=1S/C19H35N5S.HI/c1-5-18-23-17(14-25-18)13-24-9-7-16(8-10-24)12-22-19(20-6-2)21-11-15(3)4;/h14-16H,5-13H2,1-4H3,(H2,20,21,22);1H. The van der Waals surface area contributed by atoms with Crippen molar-refractivity contribution in [3.05, 3.63) is 16.1 Å². The fourth-order valence-corrected chi connectivity index (χ4v) is 3.75. The molecule has 1 aromatic rings. The van der Waals surface area contributed by atoms with Crippen LogP contribution in [0.25, 0.3) is 0 Å². The summed E-state index contributed by atoms with van der Waals surface area (Å²) in [6.07, 6.45) is 3.55. The van der Waals surface area contributed by atoms with Gasteiger partial charge in [-0.15, -0.1) is 35.3 Å². The largest absolute Gasteiger partial charge is 0.357 e. The lowest BCUT2D eigenvalue weighted by atomic mass is 9.97. The van der Waals surface area contributed by atoms with Crippen molar-refractivity contribution in [2.75, 3.05) is 32.7 Å². The van der Waals surface area contributed by atoms with Crippen molar-refractivity contribution in [1.29, 1.82) is 0 Å². The smallest absolute Gasteiger partial charge is 0.191 e. The van der Waals surface area contributed by atoms with Crippen LogP contribution in [-0.2, 0) is 13.0 Å². The lowest BCUT2D eigenvalue weighted by Gasteiger charge is -2.31. The molecule has 0 aromatic carbocycles. The SMILES string of the molecule is CCNC(=NCC(C)C)NCC1CCN(Cc2csc(CC)n2)CC1.I. The van der Waals surface area contributed by atoms with Crippen molar-refractivity contribution >= 4 is 41.3 Å². The summed E-state index contributed by atoms with van der Waals surface area (Å²) in [5, 5.41) is 10.4. The number of aromatic nitrogens is 1. The third-order valence-electron chi connectivity index (χ3n) is 4.51. The van der Waals surface area contributed by atoms with Crippen LogP contribution in [0.2, 0.25) is 0 Å². The monoisotopic (exact) mass is 493 g/mol. The van der Waals surface area contributed by atoms with Gasteiger partial charge in [0.05, 0.1) is 10.7 Å². The number of rotatable bonds is 8. The van der Waals surface area contributed by atoms with Gasteiger partial charge in [0.15, 0.2) is 5.96 Å². The zero-order valence-electron chi connectivity index (χ0n) is 16.8. The zero-order valence-corrected chi connectivity index (χ0v) is 19.9. The Bertz CT molecular complexity index is 524. The van der Waals surface area contributed by atoms with E-state index < -0.39 is 0 Å². The van der Waals surface area contributed by atoms with Crippen LogP contribution < -0.4 is 10.6 Å².